The lowest BCUT2D eigenvalue weighted by Gasteiger charge is -2.17. The SMILES string of the molecule is COC(=O)C(c1c(Cl)cccc1Br)C1CC1. The van der Waals surface area contributed by atoms with Gasteiger partial charge in [-0.25, -0.2) is 0 Å². The average molecular weight is 304 g/mol. The van der Waals surface area contributed by atoms with Crippen LogP contribution in [-0.4, -0.2) is 13.1 Å². The summed E-state index contributed by atoms with van der Waals surface area (Å²) in [4.78, 5) is 11.8. The number of hydrogen-bond acceptors (Lipinski definition) is 2. The lowest BCUT2D eigenvalue weighted by Crippen LogP contribution is -2.17. The van der Waals surface area contributed by atoms with E-state index in [1.165, 1.54) is 7.11 Å². The Kier molecular flexibility index (Phi) is 3.55. The van der Waals surface area contributed by atoms with E-state index in [1.54, 1.807) is 6.07 Å². The quantitative estimate of drug-likeness (QED) is 0.795. The first-order chi connectivity index (χ1) is 7.65. The maximum Gasteiger partial charge on any atom is 0.313 e. The second-order valence-electron chi connectivity index (χ2n) is 3.97. The highest BCUT2D eigenvalue weighted by Crippen LogP contribution is 2.47. The van der Waals surface area contributed by atoms with Crippen LogP contribution in [0.3, 0.4) is 0 Å². The summed E-state index contributed by atoms with van der Waals surface area (Å²) >= 11 is 9.61. The zero-order valence-electron chi connectivity index (χ0n) is 8.87. The zero-order valence-corrected chi connectivity index (χ0v) is 11.2. The summed E-state index contributed by atoms with van der Waals surface area (Å²) in [6.07, 6.45) is 2.13. The van der Waals surface area contributed by atoms with E-state index in [2.05, 4.69) is 15.9 Å². The zero-order chi connectivity index (χ0) is 11.7. The molecule has 86 valence electrons. The summed E-state index contributed by atoms with van der Waals surface area (Å²) in [6, 6.07) is 5.57. The molecule has 2 nitrogen and oxygen atoms in total. The van der Waals surface area contributed by atoms with Gasteiger partial charge < -0.3 is 4.74 Å². The second kappa shape index (κ2) is 4.76. The van der Waals surface area contributed by atoms with Crippen molar-refractivity contribution in [2.24, 2.45) is 5.92 Å². The first-order valence-electron chi connectivity index (χ1n) is 5.17. The Morgan fingerprint density at radius 1 is 1.56 bits per heavy atom. The van der Waals surface area contributed by atoms with Gasteiger partial charge in [-0.15, -0.1) is 0 Å². The second-order valence-corrected chi connectivity index (χ2v) is 5.24. The summed E-state index contributed by atoms with van der Waals surface area (Å²) in [6.45, 7) is 0. The minimum Gasteiger partial charge on any atom is -0.469 e. The fraction of sp³-hybridized carbons (Fsp3) is 0.417. The molecule has 0 heterocycles. The van der Waals surface area contributed by atoms with Crippen molar-refractivity contribution >= 4 is 33.5 Å². The maximum atomic E-state index is 11.8. The topological polar surface area (TPSA) is 26.3 Å². The van der Waals surface area contributed by atoms with E-state index >= 15 is 0 Å². The molecule has 1 aromatic rings. The Hall–Kier alpha value is -0.540. The number of ether oxygens (including phenoxy) is 1. The molecule has 1 aromatic carbocycles. The Labute approximate surface area is 108 Å². The molecule has 0 aromatic heterocycles. The van der Waals surface area contributed by atoms with Gasteiger partial charge in [0.1, 0.15) is 0 Å². The number of carbonyl (C=O) groups is 1. The van der Waals surface area contributed by atoms with Crippen molar-refractivity contribution < 1.29 is 9.53 Å². The third-order valence-corrected chi connectivity index (χ3v) is 3.88. The summed E-state index contributed by atoms with van der Waals surface area (Å²) in [5, 5.41) is 0.622. The smallest absolute Gasteiger partial charge is 0.313 e. The molecule has 16 heavy (non-hydrogen) atoms. The Morgan fingerprint density at radius 3 is 2.75 bits per heavy atom. The number of esters is 1. The molecule has 1 aliphatic rings. The van der Waals surface area contributed by atoms with Crippen LogP contribution in [0.4, 0.5) is 0 Å². The fourth-order valence-corrected chi connectivity index (χ4v) is 2.93. The van der Waals surface area contributed by atoms with E-state index in [1.807, 2.05) is 12.1 Å². The van der Waals surface area contributed by atoms with Gasteiger partial charge in [-0.2, -0.15) is 0 Å². The van der Waals surface area contributed by atoms with Gasteiger partial charge in [-0.3, -0.25) is 4.79 Å². The van der Waals surface area contributed by atoms with Crippen LogP contribution in [0.1, 0.15) is 24.3 Å². The number of carbonyl (C=O) groups excluding carboxylic acids is 1. The van der Waals surface area contributed by atoms with Crippen molar-refractivity contribution in [1.82, 2.24) is 0 Å². The molecule has 1 unspecified atom stereocenters. The van der Waals surface area contributed by atoms with E-state index in [9.17, 15) is 4.79 Å². The van der Waals surface area contributed by atoms with E-state index in [0.717, 1.165) is 22.9 Å². The first-order valence-corrected chi connectivity index (χ1v) is 6.34. The van der Waals surface area contributed by atoms with Crippen molar-refractivity contribution in [3.63, 3.8) is 0 Å². The molecule has 0 spiro atoms. The van der Waals surface area contributed by atoms with Crippen LogP contribution in [0.2, 0.25) is 5.02 Å². The summed E-state index contributed by atoms with van der Waals surface area (Å²) in [5.41, 5.74) is 0.860. The summed E-state index contributed by atoms with van der Waals surface area (Å²) < 4.78 is 5.74. The minimum atomic E-state index is -0.229. The molecule has 0 radical (unpaired) electrons. The largest absolute Gasteiger partial charge is 0.469 e. The molecular weight excluding hydrogens is 291 g/mol. The van der Waals surface area contributed by atoms with Crippen molar-refractivity contribution in [1.29, 1.82) is 0 Å². The fourth-order valence-electron chi connectivity index (χ4n) is 1.91. The van der Waals surface area contributed by atoms with E-state index in [4.69, 9.17) is 16.3 Å². The van der Waals surface area contributed by atoms with Gasteiger partial charge in [-0.1, -0.05) is 33.6 Å². The number of rotatable bonds is 3. The van der Waals surface area contributed by atoms with Crippen molar-refractivity contribution in [3.05, 3.63) is 33.3 Å². The Balaban J connectivity index is 2.42. The highest BCUT2D eigenvalue weighted by Gasteiger charge is 2.40. The van der Waals surface area contributed by atoms with Gasteiger partial charge in [0.05, 0.1) is 13.0 Å². The van der Waals surface area contributed by atoms with Gasteiger partial charge in [0.2, 0.25) is 0 Å². The van der Waals surface area contributed by atoms with Crippen LogP contribution in [0.25, 0.3) is 0 Å². The van der Waals surface area contributed by atoms with Crippen LogP contribution < -0.4 is 0 Å². The third-order valence-electron chi connectivity index (χ3n) is 2.86. The van der Waals surface area contributed by atoms with Gasteiger partial charge >= 0.3 is 5.97 Å². The van der Waals surface area contributed by atoms with Crippen LogP contribution in [0.15, 0.2) is 22.7 Å². The third kappa shape index (κ3) is 2.25. The van der Waals surface area contributed by atoms with Crippen LogP contribution >= 0.6 is 27.5 Å². The monoisotopic (exact) mass is 302 g/mol. The molecular formula is C12H12BrClO2. The van der Waals surface area contributed by atoms with Crippen molar-refractivity contribution in [2.45, 2.75) is 18.8 Å². The molecule has 4 heteroatoms. The predicted octanol–water partition coefficient (Wildman–Crippen LogP) is 3.77. The Morgan fingerprint density at radius 2 is 2.25 bits per heavy atom. The molecule has 1 saturated carbocycles. The molecule has 1 fully saturated rings. The number of hydrogen-bond donors (Lipinski definition) is 0. The molecule has 1 aliphatic carbocycles. The van der Waals surface area contributed by atoms with Gasteiger partial charge in [0.25, 0.3) is 0 Å². The Bertz CT molecular complexity index is 395. The highest BCUT2D eigenvalue weighted by molar-refractivity contribution is 9.10. The highest BCUT2D eigenvalue weighted by atomic mass is 79.9. The predicted molar refractivity (Wildman–Crippen MR) is 66.6 cm³/mol. The molecule has 0 saturated heterocycles. The molecule has 0 amide bonds. The normalized spacial score (nSPS) is 16.9. The minimum absolute atomic E-state index is 0.198. The van der Waals surface area contributed by atoms with Crippen LogP contribution in [-0.2, 0) is 9.53 Å². The molecule has 0 N–H and O–H groups in total. The summed E-state index contributed by atoms with van der Waals surface area (Å²) in [7, 11) is 1.42. The lowest BCUT2D eigenvalue weighted by molar-refractivity contribution is -0.143. The molecule has 0 aliphatic heterocycles. The molecule has 1 atom stereocenters. The van der Waals surface area contributed by atoms with Gasteiger partial charge in [0, 0.05) is 9.50 Å². The molecule has 0 bridgehead atoms. The average Bonchev–Trinajstić information content (AvgIpc) is 3.06. The lowest BCUT2D eigenvalue weighted by atomic mass is 9.94. The van der Waals surface area contributed by atoms with E-state index in [-0.39, 0.29) is 11.9 Å². The van der Waals surface area contributed by atoms with Crippen LogP contribution in [0, 0.1) is 5.92 Å². The number of benzene rings is 1. The number of halogens is 2. The van der Waals surface area contributed by atoms with Crippen LogP contribution in [0.5, 0.6) is 0 Å². The van der Waals surface area contributed by atoms with Crippen molar-refractivity contribution in [3.8, 4) is 0 Å². The van der Waals surface area contributed by atoms with E-state index in [0.29, 0.717) is 10.9 Å². The van der Waals surface area contributed by atoms with Gasteiger partial charge in [-0.05, 0) is 36.5 Å². The first kappa shape index (κ1) is 11.9. The van der Waals surface area contributed by atoms with E-state index < -0.39 is 0 Å². The standard InChI is InChI=1S/C12H12BrClO2/c1-16-12(15)10(7-5-6-7)11-8(13)3-2-4-9(11)14/h2-4,7,10H,5-6H2,1H3. The summed E-state index contributed by atoms with van der Waals surface area (Å²) in [5.74, 6) is -0.0481. The molecule has 2 rings (SSSR count). The van der Waals surface area contributed by atoms with Crippen molar-refractivity contribution in [2.75, 3.05) is 7.11 Å². The van der Waals surface area contributed by atoms with Gasteiger partial charge in [0.15, 0.2) is 0 Å². The maximum absolute atomic E-state index is 11.8. The number of methoxy groups -OCH3 is 1.